The molecule has 0 radical (unpaired) electrons. The van der Waals surface area contributed by atoms with E-state index in [1.807, 2.05) is 37.3 Å². The van der Waals surface area contributed by atoms with Crippen LogP contribution in [0.15, 0.2) is 36.4 Å². The smallest absolute Gasteiger partial charge is 0.316 e. The number of nitrogens with zero attached hydrogens (tertiary/aromatic N) is 3. The van der Waals surface area contributed by atoms with E-state index in [4.69, 9.17) is 9.72 Å². The number of hydrazine groups is 1. The Kier molecular flexibility index (Phi) is 10.0. The van der Waals surface area contributed by atoms with E-state index >= 15 is 0 Å². The largest absolute Gasteiger partial charge is 0.451 e. The molecule has 2 fully saturated rings. The summed E-state index contributed by atoms with van der Waals surface area (Å²) >= 11 is 0. The summed E-state index contributed by atoms with van der Waals surface area (Å²) in [5, 5.41) is 7.95. The predicted molar refractivity (Wildman–Crippen MR) is 176 cm³/mol. The second-order valence-electron chi connectivity index (χ2n) is 13.2. The van der Waals surface area contributed by atoms with Gasteiger partial charge in [0.05, 0.1) is 28.9 Å². The molecule has 1 aromatic heterocycles. The molecule has 13 nitrogen and oxygen atoms in total. The minimum absolute atomic E-state index is 0.110. The van der Waals surface area contributed by atoms with Crippen LogP contribution in [-0.4, -0.2) is 90.5 Å². The molecule has 5 rings (SSSR count). The third-order valence-corrected chi connectivity index (χ3v) is 10.5. The summed E-state index contributed by atoms with van der Waals surface area (Å²) in [5.74, 6) is -2.38. The number of esters is 1. The van der Waals surface area contributed by atoms with Crippen LogP contribution in [0.1, 0.15) is 70.7 Å². The molecule has 3 aliphatic heterocycles. The molecule has 3 N–H and O–H groups in total. The summed E-state index contributed by atoms with van der Waals surface area (Å²) in [6.07, 6.45) is 4.90. The lowest BCUT2D eigenvalue weighted by atomic mass is 9.78. The van der Waals surface area contributed by atoms with E-state index in [-0.39, 0.29) is 31.8 Å². The van der Waals surface area contributed by atoms with Crippen LogP contribution in [0.4, 0.5) is 0 Å². The second-order valence-corrected chi connectivity index (χ2v) is 15.2. The van der Waals surface area contributed by atoms with Crippen molar-refractivity contribution < 1.29 is 32.3 Å². The summed E-state index contributed by atoms with van der Waals surface area (Å²) < 4.78 is 31.8. The van der Waals surface area contributed by atoms with Gasteiger partial charge in [-0.05, 0) is 63.1 Å². The zero-order valence-electron chi connectivity index (χ0n) is 27.5. The number of carbonyl (C=O) groups is 4. The number of rotatable bonds is 2. The van der Waals surface area contributed by atoms with E-state index in [1.54, 1.807) is 32.9 Å². The highest BCUT2D eigenvalue weighted by Gasteiger charge is 2.44. The Morgan fingerprint density at radius 1 is 0.957 bits per heavy atom. The molecule has 3 amide bonds. The van der Waals surface area contributed by atoms with Crippen molar-refractivity contribution >= 4 is 50.7 Å². The van der Waals surface area contributed by atoms with Gasteiger partial charge in [0.1, 0.15) is 12.1 Å². The van der Waals surface area contributed by atoms with E-state index in [9.17, 15) is 27.6 Å². The van der Waals surface area contributed by atoms with Crippen LogP contribution in [0, 0.1) is 11.3 Å². The lowest BCUT2D eigenvalue weighted by Gasteiger charge is -2.38. The summed E-state index contributed by atoms with van der Waals surface area (Å²) in [7, 11) is -3.47. The maximum absolute atomic E-state index is 14.0. The van der Waals surface area contributed by atoms with Crippen LogP contribution in [-0.2, 0) is 33.9 Å². The van der Waals surface area contributed by atoms with Crippen molar-refractivity contribution in [1.82, 2.24) is 30.4 Å². The van der Waals surface area contributed by atoms with Gasteiger partial charge in [-0.25, -0.2) is 18.1 Å². The van der Waals surface area contributed by atoms with Crippen molar-refractivity contribution in [2.75, 3.05) is 25.9 Å². The van der Waals surface area contributed by atoms with Crippen LogP contribution >= 0.6 is 0 Å². The molecule has 4 atom stereocenters. The number of aromatic nitrogens is 1. The molecule has 1 aromatic carbocycles. The van der Waals surface area contributed by atoms with Crippen LogP contribution in [0.3, 0.4) is 0 Å². The second kappa shape index (κ2) is 13.7. The molecule has 1 spiro atoms. The number of carbonyl (C=O) groups excluding carboxylic acids is 4. The van der Waals surface area contributed by atoms with Crippen LogP contribution in [0.25, 0.3) is 17.0 Å². The average molecular weight is 669 g/mol. The Morgan fingerprint density at radius 3 is 2.32 bits per heavy atom. The first-order valence-corrected chi connectivity index (χ1v) is 18.0. The molecular formula is C33H44N6O7S. The Labute approximate surface area is 275 Å². The number of cyclic esters (lactones) is 1. The summed E-state index contributed by atoms with van der Waals surface area (Å²) in [6.45, 7) is 7.45. The van der Waals surface area contributed by atoms with Crippen molar-refractivity contribution in [3.8, 4) is 0 Å². The van der Waals surface area contributed by atoms with Gasteiger partial charge in [0, 0.05) is 25.0 Å². The summed E-state index contributed by atoms with van der Waals surface area (Å²) in [6, 6.07) is 7.44. The minimum Gasteiger partial charge on any atom is -0.451 e. The van der Waals surface area contributed by atoms with Gasteiger partial charge in [-0.15, -0.1) is 0 Å². The fourth-order valence-corrected chi connectivity index (χ4v) is 7.09. The lowest BCUT2D eigenvalue weighted by molar-refractivity contribution is -0.168. The van der Waals surface area contributed by atoms with E-state index in [0.29, 0.717) is 30.6 Å². The highest BCUT2D eigenvalue weighted by atomic mass is 32.2. The van der Waals surface area contributed by atoms with Crippen molar-refractivity contribution in [3.63, 3.8) is 0 Å². The molecule has 14 heteroatoms. The van der Waals surface area contributed by atoms with Gasteiger partial charge >= 0.3 is 5.97 Å². The van der Waals surface area contributed by atoms with E-state index in [1.165, 1.54) is 9.31 Å². The van der Waals surface area contributed by atoms with Gasteiger partial charge in [0.2, 0.25) is 15.9 Å². The Balaban J connectivity index is 1.54. The number of pyridine rings is 1. The van der Waals surface area contributed by atoms with Gasteiger partial charge < -0.3 is 15.4 Å². The van der Waals surface area contributed by atoms with E-state index < -0.39 is 63.4 Å². The topological polar surface area (TPSA) is 167 Å². The number of nitrogens with one attached hydrogen (secondary N) is 3. The highest BCUT2D eigenvalue weighted by molar-refractivity contribution is 7.88. The summed E-state index contributed by atoms with van der Waals surface area (Å²) in [5.41, 5.74) is 3.93. The third kappa shape index (κ3) is 7.65. The van der Waals surface area contributed by atoms with E-state index in [2.05, 4.69) is 16.1 Å². The number of hydrogen-bond donors (Lipinski definition) is 3. The molecule has 47 heavy (non-hydrogen) atoms. The van der Waals surface area contributed by atoms with Gasteiger partial charge in [-0.1, -0.05) is 44.2 Å². The zero-order chi connectivity index (χ0) is 34.1. The third-order valence-electron chi connectivity index (χ3n) is 9.22. The van der Waals surface area contributed by atoms with Crippen molar-refractivity contribution in [1.29, 1.82) is 0 Å². The van der Waals surface area contributed by atoms with Gasteiger partial charge in [0.25, 0.3) is 11.8 Å². The Hall–Kier alpha value is -3.88. The maximum Gasteiger partial charge on any atom is 0.316 e. The molecule has 0 unspecified atom stereocenters. The van der Waals surface area contributed by atoms with Crippen LogP contribution in [0.2, 0.25) is 0 Å². The first kappa shape index (κ1) is 34.5. The number of benzene rings is 1. The molecule has 3 aliphatic rings. The highest BCUT2D eigenvalue weighted by Crippen LogP contribution is 2.37. The van der Waals surface area contributed by atoms with Crippen molar-refractivity contribution in [2.24, 2.45) is 11.3 Å². The molecule has 2 saturated heterocycles. The van der Waals surface area contributed by atoms with Gasteiger partial charge in [-0.2, -0.15) is 0 Å². The number of fused-ring (bicyclic) bond motifs is 4. The molecule has 5 bridgehead atoms. The monoisotopic (exact) mass is 668 g/mol. The van der Waals surface area contributed by atoms with Crippen molar-refractivity contribution in [3.05, 3.63) is 47.7 Å². The molecular weight excluding hydrogens is 624 g/mol. The van der Waals surface area contributed by atoms with Crippen molar-refractivity contribution in [2.45, 2.75) is 77.6 Å². The fourth-order valence-electron chi connectivity index (χ4n) is 6.24. The molecule has 0 saturated carbocycles. The minimum atomic E-state index is -3.47. The SMILES string of the molecule is CC(C)[C@@H]1OC(=O)C2(/C=C\c3ccc4ccc(nc4c3)[C@@H](C)NC(=O)[C@@H]3CCCN(N3)C(=O)[C@H](C)NC1=O)CCN(S(C)(=O)=O)CC2. The summed E-state index contributed by atoms with van der Waals surface area (Å²) in [4.78, 5) is 59.0. The van der Waals surface area contributed by atoms with Gasteiger partial charge in [-0.3, -0.25) is 29.2 Å². The number of hydrogen-bond acceptors (Lipinski definition) is 9. The maximum atomic E-state index is 14.0. The molecule has 254 valence electrons. The molecule has 2 aromatic rings. The number of amides is 3. The predicted octanol–water partition coefficient (Wildman–Crippen LogP) is 2.05. The van der Waals surface area contributed by atoms with E-state index in [0.717, 1.165) is 17.2 Å². The number of piperidine rings is 1. The molecule has 0 aliphatic carbocycles. The Bertz CT molecular complexity index is 1690. The van der Waals surface area contributed by atoms with Crippen LogP contribution in [0.5, 0.6) is 0 Å². The lowest BCUT2D eigenvalue weighted by Crippen LogP contribution is -2.61. The fraction of sp³-hybridized carbons (Fsp3) is 0.545. The quantitative estimate of drug-likeness (QED) is 0.406. The van der Waals surface area contributed by atoms with Gasteiger partial charge in [0.15, 0.2) is 6.10 Å². The molecule has 4 heterocycles. The first-order chi connectivity index (χ1) is 22.2. The number of ether oxygens (including phenoxy) is 1. The standard InChI is InChI=1S/C33H44N6O7S/c1-20(2)28-30(41)35-22(4)31(42)39-16-6-7-26(37-39)29(40)34-21(3)25-11-10-24-9-8-23(19-27(24)36-25)12-13-33(32(43)46-28)14-17-38(18-15-33)47(5,44)45/h8-13,19-22,26,28,37H,6-7,14-18H2,1-5H3,(H,34,40)(H,35,41)/b13-12-/t21-,22+,26+,28+/m1/s1. The normalized spacial score (nSPS) is 27.4. The first-order valence-electron chi connectivity index (χ1n) is 16.1. The van der Waals surface area contributed by atoms with Crippen LogP contribution < -0.4 is 16.1 Å². The Morgan fingerprint density at radius 2 is 1.64 bits per heavy atom. The average Bonchev–Trinajstić information content (AvgIpc) is 3.04. The number of sulfonamides is 1. The zero-order valence-corrected chi connectivity index (χ0v) is 28.3.